The average Bonchev–Trinajstić information content (AvgIpc) is 3.26. The number of nitrogens with one attached hydrogen (secondary N) is 1. The van der Waals surface area contributed by atoms with E-state index in [-0.39, 0.29) is 35.4 Å². The molecule has 0 saturated heterocycles. The van der Waals surface area contributed by atoms with Gasteiger partial charge in [-0.25, -0.2) is 0 Å². The molecule has 148 valence electrons. The van der Waals surface area contributed by atoms with Crippen molar-refractivity contribution in [2.45, 2.75) is 63.5 Å². The van der Waals surface area contributed by atoms with Gasteiger partial charge >= 0.3 is 5.97 Å². The monoisotopic (exact) mass is 384 g/mol. The van der Waals surface area contributed by atoms with Gasteiger partial charge in [0.2, 0.25) is 0 Å². The minimum Gasteiger partial charge on any atom is -0.481 e. The third-order valence-electron chi connectivity index (χ3n) is 6.24. The van der Waals surface area contributed by atoms with Gasteiger partial charge in [-0.05, 0) is 50.3 Å². The lowest BCUT2D eigenvalue weighted by Crippen LogP contribution is -2.40. The quantitative estimate of drug-likeness (QED) is 0.777. The van der Waals surface area contributed by atoms with E-state index in [0.717, 1.165) is 32.1 Å². The standard InChI is InChI=1S/C21H24N2O5/c24-18(22-14-8-6-13(10-14)21(27)28)12-7-9-16-17(11-12)20(26)23(19(16)25)15-4-2-1-3-5-15/h7,9,11,13-15H,1-6,8,10H2,(H,22,24)(H,27,28)/t13-,14+/m1/s1. The fourth-order valence-corrected chi connectivity index (χ4v) is 4.68. The maximum absolute atomic E-state index is 12.9. The number of carbonyl (C=O) groups is 4. The SMILES string of the molecule is O=C(N[C@H]1CC[C@@H](C(=O)O)C1)c1ccc2c(c1)C(=O)N(C1CCCCC1)C2=O. The highest BCUT2D eigenvalue weighted by atomic mass is 16.4. The van der Waals surface area contributed by atoms with Crippen LogP contribution in [-0.4, -0.2) is 45.8 Å². The molecule has 1 aromatic carbocycles. The number of hydrogen-bond donors (Lipinski definition) is 2. The molecule has 1 aromatic rings. The Balaban J connectivity index is 1.48. The van der Waals surface area contributed by atoms with E-state index in [4.69, 9.17) is 5.11 Å². The van der Waals surface area contributed by atoms with Gasteiger partial charge in [-0.15, -0.1) is 0 Å². The number of carboxylic acid groups (broad SMARTS) is 1. The predicted octanol–water partition coefficient (Wildman–Crippen LogP) is 2.60. The first kappa shape index (κ1) is 18.7. The van der Waals surface area contributed by atoms with E-state index in [1.54, 1.807) is 12.1 Å². The summed E-state index contributed by atoms with van der Waals surface area (Å²) in [7, 11) is 0. The maximum atomic E-state index is 12.9. The van der Waals surface area contributed by atoms with Crippen molar-refractivity contribution in [3.8, 4) is 0 Å². The molecule has 1 aliphatic heterocycles. The molecule has 0 spiro atoms. The number of carboxylic acids is 1. The van der Waals surface area contributed by atoms with E-state index in [1.807, 2.05) is 0 Å². The van der Waals surface area contributed by atoms with Crippen LogP contribution in [0.3, 0.4) is 0 Å². The molecule has 7 heteroatoms. The van der Waals surface area contributed by atoms with Crippen LogP contribution in [0.25, 0.3) is 0 Å². The Morgan fingerprint density at radius 2 is 1.68 bits per heavy atom. The minimum absolute atomic E-state index is 0.0510. The zero-order chi connectivity index (χ0) is 19.8. The van der Waals surface area contributed by atoms with Crippen molar-refractivity contribution in [2.75, 3.05) is 0 Å². The number of imide groups is 1. The van der Waals surface area contributed by atoms with Crippen molar-refractivity contribution in [1.82, 2.24) is 10.2 Å². The Hall–Kier alpha value is -2.70. The zero-order valence-corrected chi connectivity index (χ0v) is 15.6. The van der Waals surface area contributed by atoms with Gasteiger partial charge in [-0.1, -0.05) is 19.3 Å². The van der Waals surface area contributed by atoms with E-state index in [0.29, 0.717) is 30.4 Å². The fraction of sp³-hybridized carbons (Fsp3) is 0.524. The number of hydrogen-bond acceptors (Lipinski definition) is 4. The van der Waals surface area contributed by atoms with Crippen molar-refractivity contribution >= 4 is 23.7 Å². The predicted molar refractivity (Wildman–Crippen MR) is 100 cm³/mol. The van der Waals surface area contributed by atoms with E-state index >= 15 is 0 Å². The van der Waals surface area contributed by atoms with Crippen LogP contribution in [0.1, 0.15) is 82.4 Å². The summed E-state index contributed by atoms with van der Waals surface area (Å²) < 4.78 is 0. The van der Waals surface area contributed by atoms with Crippen molar-refractivity contribution in [3.05, 3.63) is 34.9 Å². The van der Waals surface area contributed by atoms with Crippen LogP contribution in [0.2, 0.25) is 0 Å². The number of aliphatic carboxylic acids is 1. The summed E-state index contributed by atoms with van der Waals surface area (Å²) in [4.78, 5) is 50.6. The third kappa shape index (κ3) is 3.30. The van der Waals surface area contributed by atoms with E-state index in [2.05, 4.69) is 5.32 Å². The first-order chi connectivity index (χ1) is 13.5. The molecular weight excluding hydrogens is 360 g/mol. The maximum Gasteiger partial charge on any atom is 0.306 e. The molecule has 2 aliphatic carbocycles. The third-order valence-corrected chi connectivity index (χ3v) is 6.24. The Morgan fingerprint density at radius 1 is 0.964 bits per heavy atom. The first-order valence-electron chi connectivity index (χ1n) is 10.0. The van der Waals surface area contributed by atoms with Crippen LogP contribution in [0.4, 0.5) is 0 Å². The van der Waals surface area contributed by atoms with Crippen LogP contribution in [0, 0.1) is 5.92 Å². The van der Waals surface area contributed by atoms with Crippen LogP contribution in [0.5, 0.6) is 0 Å². The lowest BCUT2D eigenvalue weighted by molar-refractivity contribution is -0.141. The Kier molecular flexibility index (Phi) is 4.91. The molecule has 2 N–H and O–H groups in total. The minimum atomic E-state index is -0.832. The second-order valence-electron chi connectivity index (χ2n) is 8.05. The molecule has 2 fully saturated rings. The number of benzene rings is 1. The number of carbonyl (C=O) groups excluding carboxylic acids is 3. The summed E-state index contributed by atoms with van der Waals surface area (Å²) in [5.41, 5.74) is 0.973. The summed E-state index contributed by atoms with van der Waals surface area (Å²) in [5.74, 6) is -2.17. The molecular formula is C21H24N2O5. The summed E-state index contributed by atoms with van der Waals surface area (Å²) in [5, 5.41) is 11.9. The lowest BCUT2D eigenvalue weighted by Gasteiger charge is -2.29. The van der Waals surface area contributed by atoms with Crippen LogP contribution in [0.15, 0.2) is 18.2 Å². The Morgan fingerprint density at radius 3 is 2.36 bits per heavy atom. The Bertz CT molecular complexity index is 843. The molecule has 0 bridgehead atoms. The molecule has 3 amide bonds. The number of amides is 3. The van der Waals surface area contributed by atoms with Gasteiger partial charge < -0.3 is 10.4 Å². The lowest BCUT2D eigenvalue weighted by atomic mass is 9.94. The second-order valence-corrected chi connectivity index (χ2v) is 8.05. The van der Waals surface area contributed by atoms with Crippen LogP contribution in [-0.2, 0) is 4.79 Å². The summed E-state index contributed by atoms with van der Waals surface area (Å²) in [6.45, 7) is 0. The first-order valence-corrected chi connectivity index (χ1v) is 10.0. The smallest absolute Gasteiger partial charge is 0.306 e. The number of rotatable bonds is 4. The molecule has 0 unspecified atom stereocenters. The van der Waals surface area contributed by atoms with Gasteiger partial charge in [0.25, 0.3) is 17.7 Å². The molecule has 0 aromatic heterocycles. The van der Waals surface area contributed by atoms with Crippen molar-refractivity contribution in [2.24, 2.45) is 5.92 Å². The highest BCUT2D eigenvalue weighted by Gasteiger charge is 2.40. The summed E-state index contributed by atoms with van der Waals surface area (Å²) >= 11 is 0. The molecule has 1 heterocycles. The van der Waals surface area contributed by atoms with Crippen LogP contribution < -0.4 is 5.32 Å². The number of fused-ring (bicyclic) bond motifs is 1. The van der Waals surface area contributed by atoms with Crippen molar-refractivity contribution in [1.29, 1.82) is 0 Å². The zero-order valence-electron chi connectivity index (χ0n) is 15.6. The summed E-state index contributed by atoms with van der Waals surface area (Å²) in [6, 6.07) is 4.38. The van der Waals surface area contributed by atoms with Gasteiger partial charge in [-0.2, -0.15) is 0 Å². The van der Waals surface area contributed by atoms with Gasteiger partial charge in [0, 0.05) is 17.6 Å². The van der Waals surface area contributed by atoms with Crippen LogP contribution >= 0.6 is 0 Å². The molecule has 7 nitrogen and oxygen atoms in total. The topological polar surface area (TPSA) is 104 Å². The average molecular weight is 384 g/mol. The molecule has 0 radical (unpaired) electrons. The highest BCUT2D eigenvalue weighted by molar-refractivity contribution is 6.22. The number of nitrogens with zero attached hydrogens (tertiary/aromatic N) is 1. The molecule has 3 aliphatic rings. The van der Waals surface area contributed by atoms with Crippen molar-refractivity contribution in [3.63, 3.8) is 0 Å². The van der Waals surface area contributed by atoms with Gasteiger partial charge in [0.15, 0.2) is 0 Å². The van der Waals surface area contributed by atoms with Gasteiger partial charge in [0.1, 0.15) is 0 Å². The van der Waals surface area contributed by atoms with Gasteiger partial charge in [-0.3, -0.25) is 24.1 Å². The Labute approximate surface area is 163 Å². The normalized spacial score (nSPS) is 25.1. The largest absolute Gasteiger partial charge is 0.481 e. The fourth-order valence-electron chi connectivity index (χ4n) is 4.68. The molecule has 4 rings (SSSR count). The highest BCUT2D eigenvalue weighted by Crippen LogP contribution is 2.32. The van der Waals surface area contributed by atoms with E-state index < -0.39 is 11.9 Å². The van der Waals surface area contributed by atoms with E-state index in [9.17, 15) is 19.2 Å². The molecule has 28 heavy (non-hydrogen) atoms. The molecule has 2 saturated carbocycles. The van der Waals surface area contributed by atoms with Gasteiger partial charge in [0.05, 0.1) is 17.0 Å². The van der Waals surface area contributed by atoms with E-state index in [1.165, 1.54) is 11.0 Å². The van der Waals surface area contributed by atoms with Crippen molar-refractivity contribution < 1.29 is 24.3 Å². The summed E-state index contributed by atoms with van der Waals surface area (Å²) in [6.07, 6.45) is 6.44. The molecule has 2 atom stereocenters. The second kappa shape index (κ2) is 7.37.